The lowest BCUT2D eigenvalue weighted by molar-refractivity contribution is -0.132. The number of fused-ring (bicyclic) bond motifs is 1. The number of aryl methyl sites for hydroxylation is 1. The molecule has 3 aromatic rings. The van der Waals surface area contributed by atoms with Crippen LogP contribution in [0.2, 0.25) is 0 Å². The van der Waals surface area contributed by atoms with Crippen molar-refractivity contribution in [3.8, 4) is 17.2 Å². The average Bonchev–Trinajstić information content (AvgIpc) is 3.64. The number of ether oxygens (including phenoxy) is 4. The number of ketones is 1. The van der Waals surface area contributed by atoms with Gasteiger partial charge in [0.2, 0.25) is 0 Å². The van der Waals surface area contributed by atoms with Gasteiger partial charge in [0.15, 0.2) is 16.6 Å². The number of aliphatic hydroxyl groups is 1. The molecule has 0 spiro atoms. The maximum Gasteiger partial charge on any atom is 0.350 e. The summed E-state index contributed by atoms with van der Waals surface area (Å²) in [6, 6.07) is 9.26. The largest absolute Gasteiger partial charge is 0.507 e. The zero-order valence-corrected chi connectivity index (χ0v) is 26.4. The molecular weight excluding hydrogens is 584 g/mol. The van der Waals surface area contributed by atoms with Crippen molar-refractivity contribution < 1.29 is 38.4 Å². The number of hydrogen-bond acceptors (Lipinski definition) is 10. The van der Waals surface area contributed by atoms with Crippen LogP contribution in [0.25, 0.3) is 5.76 Å². The summed E-state index contributed by atoms with van der Waals surface area (Å²) in [6.07, 6.45) is 1.49. The standard InChI is InChI=1S/C33H36N2O8S/c1-7-41-32(39)30-19(5)34-33(44-30)35-27(20-8-11-24(25(16-20)40-6)42-13-12-17(2)3)26(29(37)31(35)38)28(36)21-9-10-23-22(15-21)14-18(4)43-23/h8-11,15-18,27,36H,7,12-14H2,1-6H3/b28-26+. The Kier molecular flexibility index (Phi) is 8.96. The molecule has 1 aromatic heterocycles. The van der Waals surface area contributed by atoms with E-state index in [-0.39, 0.29) is 34.1 Å². The molecule has 2 atom stereocenters. The number of nitrogens with zero attached hydrogens (tertiary/aromatic N) is 2. The Morgan fingerprint density at radius 1 is 1.18 bits per heavy atom. The van der Waals surface area contributed by atoms with Gasteiger partial charge in [-0.1, -0.05) is 31.3 Å². The van der Waals surface area contributed by atoms with Gasteiger partial charge in [-0.05, 0) is 74.6 Å². The van der Waals surface area contributed by atoms with Crippen molar-refractivity contribution in [2.24, 2.45) is 5.92 Å². The number of carbonyl (C=O) groups excluding carboxylic acids is 3. The normalized spacial score (nSPS) is 18.8. The van der Waals surface area contributed by atoms with Crippen LogP contribution < -0.4 is 19.1 Å². The summed E-state index contributed by atoms with van der Waals surface area (Å²) in [6.45, 7) is 10.2. The molecular formula is C33H36N2O8S. The number of anilines is 1. The van der Waals surface area contributed by atoms with Gasteiger partial charge in [-0.3, -0.25) is 14.5 Å². The molecule has 1 N–H and O–H groups in total. The van der Waals surface area contributed by atoms with E-state index in [2.05, 4.69) is 18.8 Å². The van der Waals surface area contributed by atoms with Crippen molar-refractivity contribution in [1.29, 1.82) is 0 Å². The van der Waals surface area contributed by atoms with Crippen LogP contribution in [0.15, 0.2) is 42.0 Å². The topological polar surface area (TPSA) is 124 Å². The second kappa shape index (κ2) is 12.7. The molecule has 232 valence electrons. The molecule has 2 aliphatic heterocycles. The number of rotatable bonds is 10. The quantitative estimate of drug-likeness (QED) is 0.126. The molecule has 2 unspecified atom stereocenters. The number of esters is 1. The molecule has 11 heteroatoms. The van der Waals surface area contributed by atoms with E-state index in [1.54, 1.807) is 50.2 Å². The fourth-order valence-corrected chi connectivity index (χ4v) is 6.31. The second-order valence-electron chi connectivity index (χ2n) is 11.2. The van der Waals surface area contributed by atoms with E-state index >= 15 is 0 Å². The van der Waals surface area contributed by atoms with E-state index in [4.69, 9.17) is 18.9 Å². The molecule has 0 saturated carbocycles. The summed E-state index contributed by atoms with van der Waals surface area (Å²) in [7, 11) is 1.51. The molecule has 3 heterocycles. The van der Waals surface area contributed by atoms with Crippen molar-refractivity contribution in [3.63, 3.8) is 0 Å². The number of Topliss-reactive ketones (excluding diaryl/α,β-unsaturated/α-hetero) is 1. The predicted octanol–water partition coefficient (Wildman–Crippen LogP) is 6.01. The number of hydrogen-bond donors (Lipinski definition) is 1. The number of aromatic nitrogens is 1. The minimum atomic E-state index is -1.07. The van der Waals surface area contributed by atoms with Gasteiger partial charge in [0.1, 0.15) is 22.5 Å². The van der Waals surface area contributed by atoms with E-state index in [1.807, 2.05) is 6.92 Å². The summed E-state index contributed by atoms with van der Waals surface area (Å²) in [5, 5.41) is 11.8. The minimum Gasteiger partial charge on any atom is -0.507 e. The number of amides is 1. The average molecular weight is 621 g/mol. The maximum atomic E-state index is 13.7. The van der Waals surface area contributed by atoms with Gasteiger partial charge in [0.25, 0.3) is 5.78 Å². The van der Waals surface area contributed by atoms with Crippen molar-refractivity contribution in [3.05, 3.63) is 69.2 Å². The molecule has 1 amide bonds. The summed E-state index contributed by atoms with van der Waals surface area (Å²) in [5.74, 6) is -0.563. The van der Waals surface area contributed by atoms with Gasteiger partial charge < -0.3 is 24.1 Å². The first-order valence-corrected chi connectivity index (χ1v) is 15.4. The van der Waals surface area contributed by atoms with E-state index in [1.165, 1.54) is 12.0 Å². The fourth-order valence-electron chi connectivity index (χ4n) is 5.32. The number of benzene rings is 2. The van der Waals surface area contributed by atoms with Crippen LogP contribution in [0.3, 0.4) is 0 Å². The smallest absolute Gasteiger partial charge is 0.350 e. The monoisotopic (exact) mass is 620 g/mol. The van der Waals surface area contributed by atoms with Crippen molar-refractivity contribution in [2.45, 2.75) is 59.6 Å². The van der Waals surface area contributed by atoms with Gasteiger partial charge in [-0.25, -0.2) is 9.78 Å². The Labute approximate surface area is 260 Å². The highest BCUT2D eigenvalue weighted by Crippen LogP contribution is 2.46. The number of methoxy groups -OCH3 is 1. The summed E-state index contributed by atoms with van der Waals surface area (Å²) in [5.41, 5.74) is 2.02. The third kappa shape index (κ3) is 5.88. The summed E-state index contributed by atoms with van der Waals surface area (Å²) >= 11 is 0.952. The second-order valence-corrected chi connectivity index (χ2v) is 12.2. The van der Waals surface area contributed by atoms with E-state index < -0.39 is 23.7 Å². The van der Waals surface area contributed by atoms with E-state index in [9.17, 15) is 19.5 Å². The molecule has 0 bridgehead atoms. The fraction of sp³-hybridized carbons (Fsp3) is 0.394. The van der Waals surface area contributed by atoms with Gasteiger partial charge in [-0.15, -0.1) is 0 Å². The lowest BCUT2D eigenvalue weighted by Crippen LogP contribution is -2.29. The zero-order valence-electron chi connectivity index (χ0n) is 25.6. The van der Waals surface area contributed by atoms with Gasteiger partial charge in [0, 0.05) is 12.0 Å². The van der Waals surface area contributed by atoms with Gasteiger partial charge >= 0.3 is 11.9 Å². The number of thiazole rings is 1. The van der Waals surface area contributed by atoms with Crippen LogP contribution in [0, 0.1) is 12.8 Å². The number of aliphatic hydroxyl groups excluding tert-OH is 1. The molecule has 10 nitrogen and oxygen atoms in total. The zero-order chi connectivity index (χ0) is 31.7. The molecule has 1 saturated heterocycles. The Morgan fingerprint density at radius 3 is 2.66 bits per heavy atom. The van der Waals surface area contributed by atoms with Gasteiger partial charge in [0.05, 0.1) is 37.6 Å². The van der Waals surface area contributed by atoms with Crippen molar-refractivity contribution in [1.82, 2.24) is 4.98 Å². The van der Waals surface area contributed by atoms with Crippen LogP contribution in [0.5, 0.6) is 17.2 Å². The van der Waals surface area contributed by atoms with E-state index in [0.29, 0.717) is 53.0 Å². The highest BCUT2D eigenvalue weighted by atomic mass is 32.1. The lowest BCUT2D eigenvalue weighted by Gasteiger charge is -2.24. The molecule has 1 fully saturated rings. The highest BCUT2D eigenvalue weighted by Gasteiger charge is 2.49. The SMILES string of the molecule is CCOC(=O)c1sc(N2C(=O)C(=O)/C(=C(/O)c3ccc4c(c3)CC(C)O4)C2c2ccc(OCCC(C)C)c(OC)c2)nc1C. The van der Waals surface area contributed by atoms with Gasteiger partial charge in [-0.2, -0.15) is 0 Å². The van der Waals surface area contributed by atoms with Crippen LogP contribution in [-0.4, -0.2) is 54.2 Å². The van der Waals surface area contributed by atoms with E-state index in [0.717, 1.165) is 23.3 Å². The minimum absolute atomic E-state index is 0.0107. The Bertz CT molecular complexity index is 1640. The number of carbonyl (C=O) groups is 3. The lowest BCUT2D eigenvalue weighted by atomic mass is 9.94. The van der Waals surface area contributed by atoms with Crippen molar-refractivity contribution >= 4 is 39.9 Å². The first-order valence-electron chi connectivity index (χ1n) is 14.6. The molecule has 44 heavy (non-hydrogen) atoms. The van der Waals surface area contributed by atoms with Crippen LogP contribution in [0.1, 0.15) is 72.2 Å². The molecule has 5 rings (SSSR count). The maximum absolute atomic E-state index is 13.7. The third-order valence-electron chi connectivity index (χ3n) is 7.52. The third-order valence-corrected chi connectivity index (χ3v) is 8.66. The highest BCUT2D eigenvalue weighted by molar-refractivity contribution is 7.17. The summed E-state index contributed by atoms with van der Waals surface area (Å²) in [4.78, 5) is 46.0. The Morgan fingerprint density at radius 2 is 1.95 bits per heavy atom. The predicted molar refractivity (Wildman–Crippen MR) is 166 cm³/mol. The molecule has 2 aliphatic rings. The first-order chi connectivity index (χ1) is 21.0. The van der Waals surface area contributed by atoms with Crippen LogP contribution in [0.4, 0.5) is 5.13 Å². The first kappa shape index (κ1) is 31.1. The Hall–Kier alpha value is -4.38. The van der Waals surface area contributed by atoms with Crippen molar-refractivity contribution in [2.75, 3.05) is 25.2 Å². The van der Waals surface area contributed by atoms with Crippen LogP contribution >= 0.6 is 11.3 Å². The van der Waals surface area contributed by atoms with Crippen LogP contribution in [-0.2, 0) is 20.7 Å². The summed E-state index contributed by atoms with van der Waals surface area (Å²) < 4.78 is 22.6. The molecule has 2 aromatic carbocycles. The Balaban J connectivity index is 1.64. The molecule has 0 radical (unpaired) electrons. The molecule has 0 aliphatic carbocycles.